The number of carbonyl (C=O) groups excluding carboxylic acids is 1. The van der Waals surface area contributed by atoms with Crippen molar-refractivity contribution in [2.75, 3.05) is 6.54 Å². The van der Waals surface area contributed by atoms with E-state index in [1.54, 1.807) is 0 Å². The Morgan fingerprint density at radius 1 is 1.14 bits per heavy atom. The van der Waals surface area contributed by atoms with Gasteiger partial charge in [-0.15, -0.1) is 0 Å². The standard InChI is InChI=1S/C19H28N2O/c1-15(17-8-4-2-5-9-17)21(14-16-12-13-16)19(22)20-18-10-6-3-7-11-18/h2,4-5,8-9,15-16,18H,3,6-7,10-14H2,1H3,(H,20,22). The summed E-state index contributed by atoms with van der Waals surface area (Å²) in [4.78, 5) is 14.9. The number of urea groups is 1. The fraction of sp³-hybridized carbons (Fsp3) is 0.632. The molecule has 2 fully saturated rings. The lowest BCUT2D eigenvalue weighted by Gasteiger charge is -2.32. The summed E-state index contributed by atoms with van der Waals surface area (Å²) < 4.78 is 0. The molecule has 3 rings (SSSR count). The van der Waals surface area contributed by atoms with E-state index >= 15 is 0 Å². The lowest BCUT2D eigenvalue weighted by molar-refractivity contribution is 0.169. The van der Waals surface area contributed by atoms with Crippen LogP contribution in [0, 0.1) is 5.92 Å². The molecule has 1 aromatic rings. The summed E-state index contributed by atoms with van der Waals surface area (Å²) >= 11 is 0. The first kappa shape index (κ1) is 15.4. The molecule has 2 aliphatic rings. The normalized spacial score (nSPS) is 20.4. The average Bonchev–Trinajstić information content (AvgIpc) is 3.38. The summed E-state index contributed by atoms with van der Waals surface area (Å²) in [6.07, 6.45) is 8.65. The maximum atomic E-state index is 12.8. The summed E-state index contributed by atoms with van der Waals surface area (Å²) in [6.45, 7) is 3.05. The van der Waals surface area contributed by atoms with E-state index < -0.39 is 0 Å². The molecule has 1 unspecified atom stereocenters. The Labute approximate surface area is 134 Å². The van der Waals surface area contributed by atoms with Crippen molar-refractivity contribution in [3.8, 4) is 0 Å². The van der Waals surface area contributed by atoms with Crippen LogP contribution in [0.1, 0.15) is 63.5 Å². The van der Waals surface area contributed by atoms with E-state index in [0.29, 0.717) is 12.0 Å². The minimum atomic E-state index is 0.134. The molecule has 2 aliphatic carbocycles. The van der Waals surface area contributed by atoms with Crippen LogP contribution in [0.3, 0.4) is 0 Å². The van der Waals surface area contributed by atoms with Crippen LogP contribution in [0.15, 0.2) is 30.3 Å². The van der Waals surface area contributed by atoms with E-state index in [1.807, 2.05) is 6.07 Å². The number of carbonyl (C=O) groups is 1. The highest BCUT2D eigenvalue weighted by Gasteiger charge is 2.31. The molecule has 0 heterocycles. The third-order valence-corrected chi connectivity index (χ3v) is 5.09. The highest BCUT2D eigenvalue weighted by Crippen LogP contribution is 2.33. The Balaban J connectivity index is 1.66. The Kier molecular flexibility index (Phi) is 5.01. The van der Waals surface area contributed by atoms with Crippen LogP contribution in [0.2, 0.25) is 0 Å². The molecule has 2 saturated carbocycles. The lowest BCUT2D eigenvalue weighted by Crippen LogP contribution is -2.47. The molecule has 0 aromatic heterocycles. The second-order valence-electron chi connectivity index (χ2n) is 6.97. The van der Waals surface area contributed by atoms with Crippen molar-refractivity contribution in [2.45, 2.75) is 64.0 Å². The maximum Gasteiger partial charge on any atom is 0.318 e. The van der Waals surface area contributed by atoms with Gasteiger partial charge in [-0.25, -0.2) is 4.79 Å². The topological polar surface area (TPSA) is 32.3 Å². The molecular formula is C19H28N2O. The van der Waals surface area contributed by atoms with Gasteiger partial charge in [-0.05, 0) is 44.1 Å². The van der Waals surface area contributed by atoms with Crippen molar-refractivity contribution in [1.82, 2.24) is 10.2 Å². The van der Waals surface area contributed by atoms with Crippen LogP contribution in [-0.4, -0.2) is 23.5 Å². The second kappa shape index (κ2) is 7.17. The Hall–Kier alpha value is -1.51. The van der Waals surface area contributed by atoms with E-state index in [0.717, 1.165) is 19.4 Å². The molecule has 0 bridgehead atoms. The Bertz CT molecular complexity index is 477. The quantitative estimate of drug-likeness (QED) is 0.853. The van der Waals surface area contributed by atoms with Crippen molar-refractivity contribution < 1.29 is 4.79 Å². The van der Waals surface area contributed by atoms with Gasteiger partial charge in [0.1, 0.15) is 0 Å². The molecule has 1 atom stereocenters. The number of hydrogen-bond acceptors (Lipinski definition) is 1. The number of rotatable bonds is 5. The van der Waals surface area contributed by atoms with E-state index in [-0.39, 0.29) is 12.1 Å². The summed E-state index contributed by atoms with van der Waals surface area (Å²) in [6, 6.07) is 11.0. The fourth-order valence-corrected chi connectivity index (χ4v) is 3.41. The molecule has 0 saturated heterocycles. The first-order valence-corrected chi connectivity index (χ1v) is 8.86. The van der Waals surface area contributed by atoms with Crippen LogP contribution in [-0.2, 0) is 0 Å². The van der Waals surface area contributed by atoms with E-state index in [2.05, 4.69) is 41.4 Å². The zero-order chi connectivity index (χ0) is 15.4. The molecule has 1 N–H and O–H groups in total. The van der Waals surface area contributed by atoms with Crippen LogP contribution in [0.4, 0.5) is 4.79 Å². The van der Waals surface area contributed by atoms with Crippen molar-refractivity contribution in [2.24, 2.45) is 5.92 Å². The molecule has 22 heavy (non-hydrogen) atoms. The average molecular weight is 300 g/mol. The summed E-state index contributed by atoms with van der Waals surface area (Å²) in [5.41, 5.74) is 1.22. The zero-order valence-electron chi connectivity index (χ0n) is 13.6. The number of amides is 2. The molecular weight excluding hydrogens is 272 g/mol. The molecule has 1 aromatic carbocycles. The van der Waals surface area contributed by atoms with Gasteiger partial charge in [-0.3, -0.25) is 0 Å². The zero-order valence-corrected chi connectivity index (χ0v) is 13.6. The SMILES string of the molecule is CC(c1ccccc1)N(CC1CC1)C(=O)NC1CCCCC1. The van der Waals surface area contributed by atoms with E-state index in [4.69, 9.17) is 0 Å². The van der Waals surface area contributed by atoms with Crippen LogP contribution >= 0.6 is 0 Å². The smallest absolute Gasteiger partial charge is 0.318 e. The Morgan fingerprint density at radius 3 is 2.45 bits per heavy atom. The lowest BCUT2D eigenvalue weighted by atomic mass is 9.95. The third-order valence-electron chi connectivity index (χ3n) is 5.09. The molecule has 0 spiro atoms. The summed E-state index contributed by atoms with van der Waals surface area (Å²) in [5, 5.41) is 3.29. The second-order valence-corrected chi connectivity index (χ2v) is 6.97. The largest absolute Gasteiger partial charge is 0.335 e. The van der Waals surface area contributed by atoms with Crippen molar-refractivity contribution in [3.63, 3.8) is 0 Å². The van der Waals surface area contributed by atoms with Gasteiger partial charge in [0.25, 0.3) is 0 Å². The number of hydrogen-bond donors (Lipinski definition) is 1. The van der Waals surface area contributed by atoms with Crippen molar-refractivity contribution in [1.29, 1.82) is 0 Å². The summed E-state index contributed by atoms with van der Waals surface area (Å²) in [5.74, 6) is 0.711. The first-order chi connectivity index (χ1) is 10.7. The van der Waals surface area contributed by atoms with E-state index in [9.17, 15) is 4.79 Å². The Morgan fingerprint density at radius 2 is 1.82 bits per heavy atom. The van der Waals surface area contributed by atoms with Gasteiger partial charge in [0.2, 0.25) is 0 Å². The highest BCUT2D eigenvalue weighted by atomic mass is 16.2. The molecule has 3 heteroatoms. The molecule has 2 amide bonds. The van der Waals surface area contributed by atoms with Gasteiger partial charge >= 0.3 is 6.03 Å². The van der Waals surface area contributed by atoms with Crippen LogP contribution in [0.5, 0.6) is 0 Å². The third kappa shape index (κ3) is 4.02. The number of nitrogens with zero attached hydrogens (tertiary/aromatic N) is 1. The monoisotopic (exact) mass is 300 g/mol. The molecule has 3 nitrogen and oxygen atoms in total. The maximum absolute atomic E-state index is 12.8. The van der Waals surface area contributed by atoms with Gasteiger partial charge in [-0.1, -0.05) is 49.6 Å². The van der Waals surface area contributed by atoms with Crippen LogP contribution < -0.4 is 5.32 Å². The van der Waals surface area contributed by atoms with Crippen molar-refractivity contribution >= 4 is 6.03 Å². The fourth-order valence-electron chi connectivity index (χ4n) is 3.41. The molecule has 0 radical (unpaired) electrons. The van der Waals surface area contributed by atoms with Gasteiger partial charge in [0.15, 0.2) is 0 Å². The first-order valence-electron chi connectivity index (χ1n) is 8.86. The summed E-state index contributed by atoms with van der Waals surface area (Å²) in [7, 11) is 0. The van der Waals surface area contributed by atoms with Crippen molar-refractivity contribution in [3.05, 3.63) is 35.9 Å². The van der Waals surface area contributed by atoms with Gasteiger partial charge in [0, 0.05) is 12.6 Å². The number of nitrogens with one attached hydrogen (secondary N) is 1. The molecule has 120 valence electrons. The van der Waals surface area contributed by atoms with Gasteiger partial charge < -0.3 is 10.2 Å². The predicted octanol–water partition coefficient (Wildman–Crippen LogP) is 4.50. The highest BCUT2D eigenvalue weighted by molar-refractivity contribution is 5.75. The van der Waals surface area contributed by atoms with E-state index in [1.165, 1.54) is 37.7 Å². The van der Waals surface area contributed by atoms with Gasteiger partial charge in [0.05, 0.1) is 6.04 Å². The number of benzene rings is 1. The minimum Gasteiger partial charge on any atom is -0.335 e. The van der Waals surface area contributed by atoms with Crippen LogP contribution in [0.25, 0.3) is 0 Å². The minimum absolute atomic E-state index is 0.134. The molecule has 0 aliphatic heterocycles. The van der Waals surface area contributed by atoms with Gasteiger partial charge in [-0.2, -0.15) is 0 Å². The predicted molar refractivity (Wildman–Crippen MR) is 89.7 cm³/mol.